The van der Waals surface area contributed by atoms with E-state index in [0.717, 1.165) is 21.4 Å². The van der Waals surface area contributed by atoms with Crippen LogP contribution < -0.4 is 0 Å². The number of fused-ring (bicyclic) bond motifs is 1. The molecular formula is C20H15ClN4OS. The van der Waals surface area contributed by atoms with Gasteiger partial charge in [0.2, 0.25) is 5.16 Å². The monoisotopic (exact) mass is 394 g/mol. The van der Waals surface area contributed by atoms with Crippen molar-refractivity contribution in [1.29, 1.82) is 0 Å². The van der Waals surface area contributed by atoms with Gasteiger partial charge in [0.1, 0.15) is 12.1 Å². The van der Waals surface area contributed by atoms with Crippen LogP contribution in [0.2, 0.25) is 5.02 Å². The summed E-state index contributed by atoms with van der Waals surface area (Å²) in [6.45, 7) is 0. The van der Waals surface area contributed by atoms with Crippen molar-refractivity contribution in [2.45, 2.75) is 10.9 Å². The van der Waals surface area contributed by atoms with Gasteiger partial charge in [-0.15, -0.1) is 10.2 Å². The molecule has 1 heterocycles. The molecule has 0 aliphatic carbocycles. The predicted octanol–water partition coefficient (Wildman–Crippen LogP) is 4.96. The van der Waals surface area contributed by atoms with Gasteiger partial charge in [-0.1, -0.05) is 71.9 Å². The molecule has 0 amide bonds. The molecule has 5 nitrogen and oxygen atoms in total. The molecule has 0 aliphatic rings. The molecule has 3 aromatic carbocycles. The molecule has 0 unspecified atom stereocenters. The van der Waals surface area contributed by atoms with Crippen molar-refractivity contribution in [3.63, 3.8) is 0 Å². The molecule has 4 aromatic rings. The number of phenols is 1. The average molecular weight is 395 g/mol. The molecule has 0 saturated carbocycles. The van der Waals surface area contributed by atoms with Crippen LogP contribution in [0.3, 0.4) is 0 Å². The first kappa shape index (κ1) is 17.6. The topological polar surface area (TPSA) is 63.3 Å². The largest absolute Gasteiger partial charge is 0.507 e. The maximum Gasteiger partial charge on any atom is 0.212 e. The van der Waals surface area contributed by atoms with Crippen LogP contribution in [0.1, 0.15) is 11.1 Å². The van der Waals surface area contributed by atoms with Gasteiger partial charge in [-0.05, 0) is 28.5 Å². The summed E-state index contributed by atoms with van der Waals surface area (Å²) < 4.78 is 1.59. The Kier molecular flexibility index (Phi) is 5.09. The highest BCUT2D eigenvalue weighted by molar-refractivity contribution is 7.98. The number of halogens is 1. The molecule has 0 fully saturated rings. The molecule has 0 saturated heterocycles. The van der Waals surface area contributed by atoms with E-state index in [1.165, 1.54) is 18.1 Å². The Bertz CT molecular complexity index is 1130. The van der Waals surface area contributed by atoms with Crippen LogP contribution in [-0.2, 0) is 5.75 Å². The first-order chi connectivity index (χ1) is 13.2. The van der Waals surface area contributed by atoms with Gasteiger partial charge in [0, 0.05) is 16.3 Å². The van der Waals surface area contributed by atoms with E-state index in [4.69, 9.17) is 11.6 Å². The van der Waals surface area contributed by atoms with Crippen molar-refractivity contribution in [1.82, 2.24) is 14.9 Å². The van der Waals surface area contributed by atoms with Gasteiger partial charge in [-0.25, -0.2) is 0 Å². The number of benzene rings is 3. The van der Waals surface area contributed by atoms with Crippen LogP contribution in [0.4, 0.5) is 0 Å². The molecule has 134 valence electrons. The van der Waals surface area contributed by atoms with E-state index >= 15 is 0 Å². The molecule has 4 rings (SSSR count). The van der Waals surface area contributed by atoms with E-state index in [2.05, 4.69) is 15.3 Å². The van der Waals surface area contributed by atoms with Gasteiger partial charge in [0.25, 0.3) is 0 Å². The van der Waals surface area contributed by atoms with Crippen LogP contribution in [0.15, 0.2) is 77.2 Å². The highest BCUT2D eigenvalue weighted by atomic mass is 35.5. The number of nitrogens with zero attached hydrogens (tertiary/aromatic N) is 4. The molecular weight excluding hydrogens is 380 g/mol. The molecule has 27 heavy (non-hydrogen) atoms. The van der Waals surface area contributed by atoms with Crippen LogP contribution in [-0.4, -0.2) is 26.2 Å². The van der Waals surface area contributed by atoms with Crippen molar-refractivity contribution >= 4 is 40.3 Å². The summed E-state index contributed by atoms with van der Waals surface area (Å²) in [5, 5.41) is 26.1. The van der Waals surface area contributed by atoms with Crippen molar-refractivity contribution in [2.75, 3.05) is 0 Å². The van der Waals surface area contributed by atoms with Gasteiger partial charge in [-0.3, -0.25) is 0 Å². The Balaban J connectivity index is 1.59. The Labute approximate surface area is 165 Å². The lowest BCUT2D eigenvalue weighted by atomic mass is 10.0. The number of hydrogen-bond donors (Lipinski definition) is 1. The van der Waals surface area contributed by atoms with Gasteiger partial charge in [0.05, 0.1) is 6.21 Å². The van der Waals surface area contributed by atoms with Crippen LogP contribution in [0.25, 0.3) is 10.8 Å². The molecule has 7 heteroatoms. The summed E-state index contributed by atoms with van der Waals surface area (Å²) in [6.07, 6.45) is 3.16. The summed E-state index contributed by atoms with van der Waals surface area (Å²) >= 11 is 7.70. The van der Waals surface area contributed by atoms with Crippen LogP contribution >= 0.6 is 23.4 Å². The summed E-state index contributed by atoms with van der Waals surface area (Å²) in [7, 11) is 0. The minimum atomic E-state index is 0.177. The third-order valence-electron chi connectivity index (χ3n) is 4.07. The normalized spacial score (nSPS) is 11.4. The fourth-order valence-electron chi connectivity index (χ4n) is 2.69. The van der Waals surface area contributed by atoms with E-state index < -0.39 is 0 Å². The molecule has 1 N–H and O–H groups in total. The molecule has 0 bridgehead atoms. The SMILES string of the molecule is Oc1ccc2ccccc2c1/C=N/n1cnnc1SCc1ccccc1Cl. The average Bonchev–Trinajstić information content (AvgIpc) is 3.14. The third kappa shape index (κ3) is 3.82. The van der Waals surface area contributed by atoms with Crippen molar-refractivity contribution < 1.29 is 5.11 Å². The zero-order valence-corrected chi connectivity index (χ0v) is 15.7. The summed E-state index contributed by atoms with van der Waals surface area (Å²) in [6, 6.07) is 19.1. The lowest BCUT2D eigenvalue weighted by Crippen LogP contribution is -1.94. The Morgan fingerprint density at radius 3 is 2.78 bits per heavy atom. The molecule has 0 atom stereocenters. The lowest BCUT2D eigenvalue weighted by Gasteiger charge is -2.05. The number of phenolic OH excluding ortho intramolecular Hbond substituents is 1. The van der Waals surface area contributed by atoms with E-state index in [-0.39, 0.29) is 5.75 Å². The van der Waals surface area contributed by atoms with Crippen LogP contribution in [0.5, 0.6) is 5.75 Å². The van der Waals surface area contributed by atoms with Crippen molar-refractivity contribution in [3.05, 3.63) is 83.1 Å². The maximum atomic E-state index is 10.2. The summed E-state index contributed by atoms with van der Waals surface area (Å²) in [5.41, 5.74) is 1.68. The van der Waals surface area contributed by atoms with E-state index in [9.17, 15) is 5.11 Å². The quantitative estimate of drug-likeness (QED) is 0.383. The Morgan fingerprint density at radius 2 is 1.89 bits per heavy atom. The number of thioether (sulfide) groups is 1. The first-order valence-electron chi connectivity index (χ1n) is 8.23. The fraction of sp³-hybridized carbons (Fsp3) is 0.0500. The van der Waals surface area contributed by atoms with Gasteiger partial charge >= 0.3 is 0 Å². The van der Waals surface area contributed by atoms with Crippen molar-refractivity contribution in [3.8, 4) is 5.75 Å². The first-order valence-corrected chi connectivity index (χ1v) is 9.60. The second kappa shape index (κ2) is 7.82. The second-order valence-electron chi connectivity index (χ2n) is 5.80. The minimum Gasteiger partial charge on any atom is -0.507 e. The molecule has 0 radical (unpaired) electrons. The maximum absolute atomic E-state index is 10.2. The fourth-order valence-corrected chi connectivity index (χ4v) is 3.84. The van der Waals surface area contributed by atoms with E-state index in [1.54, 1.807) is 17.0 Å². The minimum absolute atomic E-state index is 0.177. The number of aromatic nitrogens is 3. The second-order valence-corrected chi connectivity index (χ2v) is 7.15. The molecule has 0 aliphatic heterocycles. The summed E-state index contributed by atoms with van der Waals surface area (Å²) in [5.74, 6) is 0.837. The van der Waals surface area contributed by atoms with Gasteiger partial charge in [0.15, 0.2) is 0 Å². The molecule has 1 aromatic heterocycles. The number of rotatable bonds is 5. The summed E-state index contributed by atoms with van der Waals surface area (Å²) in [4.78, 5) is 0. The lowest BCUT2D eigenvalue weighted by molar-refractivity contribution is 0.475. The zero-order valence-electron chi connectivity index (χ0n) is 14.2. The Hall–Kier alpha value is -2.83. The number of hydrogen-bond acceptors (Lipinski definition) is 5. The zero-order chi connectivity index (χ0) is 18.6. The van der Waals surface area contributed by atoms with Crippen molar-refractivity contribution in [2.24, 2.45) is 5.10 Å². The highest BCUT2D eigenvalue weighted by Gasteiger charge is 2.08. The standard InChI is InChI=1S/C20H15ClN4OS/c21-18-8-4-2-6-15(18)12-27-20-24-22-13-25(20)23-11-17-16-7-3-1-5-14(16)9-10-19(17)26/h1-11,13,26H,12H2/b23-11+. The van der Waals surface area contributed by atoms with E-state index in [1.807, 2.05) is 54.6 Å². The van der Waals surface area contributed by atoms with Crippen LogP contribution in [0, 0.1) is 0 Å². The number of aromatic hydroxyl groups is 1. The molecule has 0 spiro atoms. The third-order valence-corrected chi connectivity index (χ3v) is 5.42. The highest BCUT2D eigenvalue weighted by Crippen LogP contribution is 2.27. The van der Waals surface area contributed by atoms with Gasteiger partial charge < -0.3 is 5.11 Å². The predicted molar refractivity (Wildman–Crippen MR) is 110 cm³/mol. The smallest absolute Gasteiger partial charge is 0.212 e. The van der Waals surface area contributed by atoms with Gasteiger partial charge in [-0.2, -0.15) is 9.78 Å². The Morgan fingerprint density at radius 1 is 1.07 bits per heavy atom. The van der Waals surface area contributed by atoms with E-state index in [0.29, 0.717) is 16.5 Å².